The zero-order valence-electron chi connectivity index (χ0n) is 14.6. The zero-order valence-corrected chi connectivity index (χ0v) is 14.6. The van der Waals surface area contributed by atoms with Gasteiger partial charge in [-0.25, -0.2) is 0 Å². The van der Waals surface area contributed by atoms with E-state index in [-0.39, 0.29) is 6.10 Å². The number of pyridine rings is 1. The van der Waals surface area contributed by atoms with Crippen LogP contribution in [0.15, 0.2) is 67.0 Å². The molecule has 2 aromatic carbocycles. The first-order chi connectivity index (χ1) is 12.3. The molecule has 128 valence electrons. The highest BCUT2D eigenvalue weighted by molar-refractivity contribution is 5.67. The Kier molecular flexibility index (Phi) is 5.31. The van der Waals surface area contributed by atoms with E-state index in [4.69, 9.17) is 14.2 Å². The molecule has 1 atom stereocenters. The quantitative estimate of drug-likeness (QED) is 0.665. The minimum Gasteiger partial charge on any atom is -0.497 e. The molecular formula is C21H21NO3. The van der Waals surface area contributed by atoms with E-state index in [2.05, 4.69) is 11.1 Å². The molecular weight excluding hydrogens is 314 g/mol. The van der Waals surface area contributed by atoms with Crippen LogP contribution in [-0.4, -0.2) is 26.3 Å². The summed E-state index contributed by atoms with van der Waals surface area (Å²) in [6.07, 6.45) is 3.32. The standard InChI is InChI=1S/C21H21NO3/c1-23-18-7-4-15(5-8-18)17-6-9-19(20(14-17)24-2)21(25-3)16-10-12-22-13-11-16/h4-14,21H,1-3H3. The Morgan fingerprint density at radius 3 is 2.04 bits per heavy atom. The van der Waals surface area contributed by atoms with Gasteiger partial charge in [-0.05, 0) is 47.0 Å². The van der Waals surface area contributed by atoms with Crippen molar-refractivity contribution < 1.29 is 14.2 Å². The van der Waals surface area contributed by atoms with Gasteiger partial charge in [0.1, 0.15) is 17.6 Å². The molecule has 0 saturated heterocycles. The Morgan fingerprint density at radius 1 is 0.760 bits per heavy atom. The summed E-state index contributed by atoms with van der Waals surface area (Å²) >= 11 is 0. The molecule has 0 amide bonds. The van der Waals surface area contributed by atoms with Crippen LogP contribution in [0.25, 0.3) is 11.1 Å². The zero-order chi connectivity index (χ0) is 17.6. The smallest absolute Gasteiger partial charge is 0.125 e. The molecule has 0 spiro atoms. The van der Waals surface area contributed by atoms with Gasteiger partial charge in [-0.2, -0.15) is 0 Å². The van der Waals surface area contributed by atoms with Crippen molar-refractivity contribution in [1.82, 2.24) is 4.98 Å². The van der Waals surface area contributed by atoms with Crippen molar-refractivity contribution in [1.29, 1.82) is 0 Å². The van der Waals surface area contributed by atoms with Crippen LogP contribution in [0.5, 0.6) is 11.5 Å². The third kappa shape index (κ3) is 3.64. The van der Waals surface area contributed by atoms with Crippen molar-refractivity contribution in [2.45, 2.75) is 6.10 Å². The van der Waals surface area contributed by atoms with Gasteiger partial charge in [0, 0.05) is 25.1 Å². The van der Waals surface area contributed by atoms with Crippen LogP contribution in [0.3, 0.4) is 0 Å². The van der Waals surface area contributed by atoms with Gasteiger partial charge in [-0.15, -0.1) is 0 Å². The summed E-state index contributed by atoms with van der Waals surface area (Å²) in [7, 11) is 5.04. The fourth-order valence-electron chi connectivity index (χ4n) is 2.87. The highest BCUT2D eigenvalue weighted by atomic mass is 16.5. The normalized spacial score (nSPS) is 11.8. The second kappa shape index (κ2) is 7.81. The predicted octanol–water partition coefficient (Wildman–Crippen LogP) is 4.50. The van der Waals surface area contributed by atoms with E-state index in [1.807, 2.05) is 48.5 Å². The van der Waals surface area contributed by atoms with Gasteiger partial charge in [0.15, 0.2) is 0 Å². The number of methoxy groups -OCH3 is 3. The SMILES string of the molecule is COc1ccc(-c2ccc(C(OC)c3ccncc3)c(OC)c2)cc1. The molecule has 0 N–H and O–H groups in total. The molecule has 4 nitrogen and oxygen atoms in total. The summed E-state index contributed by atoms with van der Waals surface area (Å²) in [5, 5.41) is 0. The Bertz CT molecular complexity index is 816. The van der Waals surface area contributed by atoms with Gasteiger partial charge >= 0.3 is 0 Å². The van der Waals surface area contributed by atoms with Gasteiger partial charge in [0.25, 0.3) is 0 Å². The van der Waals surface area contributed by atoms with Gasteiger partial charge < -0.3 is 14.2 Å². The second-order valence-corrected chi connectivity index (χ2v) is 5.58. The van der Waals surface area contributed by atoms with Crippen molar-refractivity contribution >= 4 is 0 Å². The Morgan fingerprint density at radius 2 is 1.44 bits per heavy atom. The Labute approximate surface area is 148 Å². The molecule has 3 rings (SSSR count). The van der Waals surface area contributed by atoms with E-state index < -0.39 is 0 Å². The first kappa shape index (κ1) is 17.0. The third-order valence-corrected chi connectivity index (χ3v) is 4.18. The largest absolute Gasteiger partial charge is 0.497 e. The number of ether oxygens (including phenoxy) is 3. The van der Waals surface area contributed by atoms with Gasteiger partial charge in [0.2, 0.25) is 0 Å². The van der Waals surface area contributed by atoms with Gasteiger partial charge in [-0.1, -0.05) is 24.3 Å². The lowest BCUT2D eigenvalue weighted by molar-refractivity contribution is 0.133. The molecule has 0 fully saturated rings. The molecule has 1 unspecified atom stereocenters. The molecule has 3 aromatic rings. The topological polar surface area (TPSA) is 40.6 Å². The van der Waals surface area contributed by atoms with Crippen LogP contribution in [-0.2, 0) is 4.74 Å². The van der Waals surface area contributed by atoms with E-state index >= 15 is 0 Å². The number of benzene rings is 2. The summed E-state index contributed by atoms with van der Waals surface area (Å²) in [5.41, 5.74) is 4.19. The Hall–Kier alpha value is -2.85. The number of rotatable bonds is 6. The maximum Gasteiger partial charge on any atom is 0.125 e. The number of nitrogens with zero attached hydrogens (tertiary/aromatic N) is 1. The van der Waals surface area contributed by atoms with Crippen LogP contribution in [0.4, 0.5) is 0 Å². The predicted molar refractivity (Wildman–Crippen MR) is 98.1 cm³/mol. The average Bonchev–Trinajstić information content (AvgIpc) is 2.69. The fourth-order valence-corrected chi connectivity index (χ4v) is 2.87. The lowest BCUT2D eigenvalue weighted by Crippen LogP contribution is -2.06. The van der Waals surface area contributed by atoms with Crippen LogP contribution in [0.2, 0.25) is 0 Å². The van der Waals surface area contributed by atoms with E-state index in [0.717, 1.165) is 33.8 Å². The first-order valence-electron chi connectivity index (χ1n) is 8.02. The lowest BCUT2D eigenvalue weighted by atomic mass is 9.97. The maximum atomic E-state index is 5.72. The average molecular weight is 335 g/mol. The van der Waals surface area contributed by atoms with Crippen molar-refractivity contribution in [2.24, 2.45) is 0 Å². The molecule has 25 heavy (non-hydrogen) atoms. The van der Waals surface area contributed by atoms with Crippen molar-refractivity contribution in [2.75, 3.05) is 21.3 Å². The molecule has 0 aliphatic rings. The van der Waals surface area contributed by atoms with Crippen molar-refractivity contribution in [3.05, 3.63) is 78.1 Å². The molecule has 1 aromatic heterocycles. The lowest BCUT2D eigenvalue weighted by Gasteiger charge is -2.19. The second-order valence-electron chi connectivity index (χ2n) is 5.58. The fraction of sp³-hybridized carbons (Fsp3) is 0.190. The summed E-state index contributed by atoms with van der Waals surface area (Å²) in [6, 6.07) is 18.0. The van der Waals surface area contributed by atoms with Gasteiger partial charge in [0.05, 0.1) is 14.2 Å². The minimum absolute atomic E-state index is 0.206. The number of hydrogen-bond donors (Lipinski definition) is 0. The molecule has 1 heterocycles. The van der Waals surface area contributed by atoms with Crippen LogP contribution in [0.1, 0.15) is 17.2 Å². The molecule has 0 saturated carbocycles. The van der Waals surface area contributed by atoms with E-state index in [9.17, 15) is 0 Å². The van der Waals surface area contributed by atoms with Crippen molar-refractivity contribution in [3.63, 3.8) is 0 Å². The number of hydrogen-bond acceptors (Lipinski definition) is 4. The summed E-state index contributed by atoms with van der Waals surface area (Å²) in [6.45, 7) is 0. The van der Waals surface area contributed by atoms with E-state index in [1.165, 1.54) is 0 Å². The summed E-state index contributed by atoms with van der Waals surface area (Å²) < 4.78 is 16.6. The minimum atomic E-state index is -0.206. The summed E-state index contributed by atoms with van der Waals surface area (Å²) in [5.74, 6) is 1.63. The van der Waals surface area contributed by atoms with E-state index in [1.54, 1.807) is 33.7 Å². The van der Waals surface area contributed by atoms with Crippen LogP contribution in [0, 0.1) is 0 Å². The third-order valence-electron chi connectivity index (χ3n) is 4.18. The first-order valence-corrected chi connectivity index (χ1v) is 8.02. The Balaban J connectivity index is 1.98. The van der Waals surface area contributed by atoms with Gasteiger partial charge in [-0.3, -0.25) is 4.98 Å². The summed E-state index contributed by atoms with van der Waals surface area (Å²) in [4.78, 5) is 4.07. The maximum absolute atomic E-state index is 5.72. The molecule has 0 aliphatic carbocycles. The van der Waals surface area contributed by atoms with Crippen LogP contribution >= 0.6 is 0 Å². The highest BCUT2D eigenvalue weighted by Gasteiger charge is 2.18. The molecule has 0 bridgehead atoms. The monoisotopic (exact) mass is 335 g/mol. The van der Waals surface area contributed by atoms with Crippen molar-refractivity contribution in [3.8, 4) is 22.6 Å². The highest BCUT2D eigenvalue weighted by Crippen LogP contribution is 2.35. The molecule has 0 radical (unpaired) electrons. The molecule has 4 heteroatoms. The van der Waals surface area contributed by atoms with Crippen LogP contribution < -0.4 is 9.47 Å². The number of aromatic nitrogens is 1. The van der Waals surface area contributed by atoms with E-state index in [0.29, 0.717) is 0 Å². The molecule has 0 aliphatic heterocycles.